The molecule has 3 fully saturated rings. The third-order valence-corrected chi connectivity index (χ3v) is 7.65. The van der Waals surface area contributed by atoms with Gasteiger partial charge in [-0.1, -0.05) is 6.42 Å². The molecule has 1 amide bonds. The van der Waals surface area contributed by atoms with Crippen LogP contribution in [0, 0.1) is 5.92 Å². The summed E-state index contributed by atoms with van der Waals surface area (Å²) in [5.41, 5.74) is 0. The van der Waals surface area contributed by atoms with E-state index in [4.69, 9.17) is 0 Å². The number of carbonyl (C=O) groups is 1. The molecule has 7 nitrogen and oxygen atoms in total. The van der Waals surface area contributed by atoms with E-state index >= 15 is 0 Å². The molecule has 25 heavy (non-hydrogen) atoms. The van der Waals surface area contributed by atoms with Crippen LogP contribution in [0.5, 0.6) is 0 Å². The Morgan fingerprint density at radius 1 is 0.880 bits per heavy atom. The highest BCUT2D eigenvalue weighted by molar-refractivity contribution is 7.86. The molecule has 1 atom stereocenters. The molecule has 0 spiro atoms. The Bertz CT molecular complexity index is 542. The molecule has 3 saturated heterocycles. The van der Waals surface area contributed by atoms with Crippen LogP contribution in [0.15, 0.2) is 0 Å². The Kier molecular flexibility index (Phi) is 6.71. The predicted octanol–water partition coefficient (Wildman–Crippen LogP) is 0.641. The lowest BCUT2D eigenvalue weighted by Crippen LogP contribution is -2.51. The van der Waals surface area contributed by atoms with E-state index in [1.807, 2.05) is 0 Å². The van der Waals surface area contributed by atoms with Gasteiger partial charge in [-0.15, -0.1) is 0 Å². The number of carbonyl (C=O) groups excluding carboxylic acids is 1. The fourth-order valence-corrected chi connectivity index (χ4v) is 5.89. The molecule has 0 aromatic carbocycles. The first-order valence-electron chi connectivity index (χ1n) is 9.82. The van der Waals surface area contributed by atoms with Crippen molar-refractivity contribution in [3.05, 3.63) is 0 Å². The molecule has 0 aromatic heterocycles. The Balaban J connectivity index is 1.48. The molecule has 0 bridgehead atoms. The van der Waals surface area contributed by atoms with Gasteiger partial charge in [0, 0.05) is 39.3 Å². The number of nitrogens with one attached hydrogen (secondary N) is 1. The molecular formula is C17H32N4O3S. The van der Waals surface area contributed by atoms with Crippen molar-refractivity contribution in [3.63, 3.8) is 0 Å². The average molecular weight is 373 g/mol. The summed E-state index contributed by atoms with van der Waals surface area (Å²) in [5.74, 6) is -0.204. The van der Waals surface area contributed by atoms with Gasteiger partial charge in [0.05, 0.1) is 5.92 Å². The second kappa shape index (κ2) is 8.79. The van der Waals surface area contributed by atoms with E-state index in [1.54, 1.807) is 4.31 Å². The maximum atomic E-state index is 12.8. The number of hydrogen-bond donors (Lipinski definition) is 1. The van der Waals surface area contributed by atoms with Crippen molar-refractivity contribution in [1.82, 2.24) is 18.8 Å². The zero-order valence-electron chi connectivity index (χ0n) is 15.2. The molecule has 0 saturated carbocycles. The van der Waals surface area contributed by atoms with Crippen molar-refractivity contribution in [1.29, 1.82) is 0 Å². The van der Waals surface area contributed by atoms with Gasteiger partial charge in [0.15, 0.2) is 0 Å². The van der Waals surface area contributed by atoms with Crippen LogP contribution in [0.1, 0.15) is 44.9 Å². The molecule has 3 aliphatic heterocycles. The molecule has 8 heteroatoms. The SMILES string of the molecule is O=C(NCCN1CCCC1)C1CCCN(S(=O)(=O)N2CCCCC2)C1. The molecule has 144 valence electrons. The van der Waals surface area contributed by atoms with E-state index in [-0.39, 0.29) is 11.8 Å². The summed E-state index contributed by atoms with van der Waals surface area (Å²) in [7, 11) is -3.41. The third-order valence-electron chi connectivity index (χ3n) is 5.65. The molecule has 0 radical (unpaired) electrons. The highest BCUT2D eigenvalue weighted by atomic mass is 32.2. The van der Waals surface area contributed by atoms with Crippen LogP contribution in [0.25, 0.3) is 0 Å². The number of rotatable bonds is 6. The van der Waals surface area contributed by atoms with Crippen molar-refractivity contribution in [3.8, 4) is 0 Å². The topological polar surface area (TPSA) is 73.0 Å². The van der Waals surface area contributed by atoms with Gasteiger partial charge in [-0.2, -0.15) is 17.0 Å². The Morgan fingerprint density at radius 2 is 1.52 bits per heavy atom. The minimum Gasteiger partial charge on any atom is -0.355 e. The third kappa shape index (κ3) is 4.93. The second-order valence-electron chi connectivity index (χ2n) is 7.50. The molecular weight excluding hydrogens is 340 g/mol. The van der Waals surface area contributed by atoms with Crippen molar-refractivity contribution >= 4 is 16.1 Å². The Morgan fingerprint density at radius 3 is 2.24 bits per heavy atom. The lowest BCUT2D eigenvalue weighted by Gasteiger charge is -2.36. The Labute approximate surface area is 151 Å². The zero-order chi connectivity index (χ0) is 17.7. The summed E-state index contributed by atoms with van der Waals surface area (Å²) in [6, 6.07) is 0. The first kappa shape index (κ1) is 19.1. The normalized spacial score (nSPS) is 27.4. The van der Waals surface area contributed by atoms with E-state index < -0.39 is 10.2 Å². The van der Waals surface area contributed by atoms with Gasteiger partial charge in [0.2, 0.25) is 5.91 Å². The molecule has 1 N–H and O–H groups in total. The van der Waals surface area contributed by atoms with Gasteiger partial charge in [0.25, 0.3) is 10.2 Å². The lowest BCUT2D eigenvalue weighted by molar-refractivity contribution is -0.126. The highest BCUT2D eigenvalue weighted by Crippen LogP contribution is 2.23. The fraction of sp³-hybridized carbons (Fsp3) is 0.941. The summed E-state index contributed by atoms with van der Waals surface area (Å²) in [6.07, 6.45) is 7.02. The van der Waals surface area contributed by atoms with Crippen LogP contribution in [0.2, 0.25) is 0 Å². The van der Waals surface area contributed by atoms with Crippen molar-refractivity contribution in [2.45, 2.75) is 44.9 Å². The van der Waals surface area contributed by atoms with Crippen LogP contribution in [0.3, 0.4) is 0 Å². The minimum atomic E-state index is -3.41. The van der Waals surface area contributed by atoms with Gasteiger partial charge in [-0.3, -0.25) is 4.79 Å². The van der Waals surface area contributed by atoms with E-state index in [9.17, 15) is 13.2 Å². The van der Waals surface area contributed by atoms with Gasteiger partial charge in [-0.05, 0) is 51.6 Å². The smallest absolute Gasteiger partial charge is 0.281 e. The summed E-state index contributed by atoms with van der Waals surface area (Å²) in [4.78, 5) is 14.8. The van der Waals surface area contributed by atoms with Gasteiger partial charge < -0.3 is 10.2 Å². The van der Waals surface area contributed by atoms with E-state index in [1.165, 1.54) is 17.1 Å². The first-order valence-corrected chi connectivity index (χ1v) is 11.2. The molecule has 0 aliphatic carbocycles. The average Bonchev–Trinajstić information content (AvgIpc) is 3.16. The Hall–Kier alpha value is -0.700. The molecule has 3 aliphatic rings. The fourth-order valence-electron chi connectivity index (χ4n) is 4.11. The van der Waals surface area contributed by atoms with Crippen molar-refractivity contribution in [2.75, 3.05) is 52.4 Å². The number of piperidine rings is 2. The van der Waals surface area contributed by atoms with Crippen LogP contribution >= 0.6 is 0 Å². The minimum absolute atomic E-state index is 0.0118. The highest BCUT2D eigenvalue weighted by Gasteiger charge is 2.36. The molecule has 3 rings (SSSR count). The maximum Gasteiger partial charge on any atom is 0.281 e. The number of amides is 1. The van der Waals surface area contributed by atoms with Crippen molar-refractivity contribution in [2.24, 2.45) is 5.92 Å². The summed E-state index contributed by atoms with van der Waals surface area (Å²) < 4.78 is 28.8. The van der Waals surface area contributed by atoms with Crippen LogP contribution < -0.4 is 5.32 Å². The van der Waals surface area contributed by atoms with E-state index in [0.717, 1.165) is 51.7 Å². The quantitative estimate of drug-likeness (QED) is 0.743. The number of likely N-dealkylation sites (tertiary alicyclic amines) is 1. The summed E-state index contributed by atoms with van der Waals surface area (Å²) in [6.45, 7) is 5.91. The number of nitrogens with zero attached hydrogens (tertiary/aromatic N) is 3. The predicted molar refractivity (Wildman–Crippen MR) is 97.3 cm³/mol. The van der Waals surface area contributed by atoms with Crippen molar-refractivity contribution < 1.29 is 13.2 Å². The van der Waals surface area contributed by atoms with Crippen LogP contribution in [-0.4, -0.2) is 80.2 Å². The standard InChI is InChI=1S/C17H32N4O3S/c22-17(18-8-14-19-9-4-5-10-19)16-7-6-13-21(15-16)25(23,24)20-11-2-1-3-12-20/h16H,1-15H2,(H,18,22). The second-order valence-corrected chi connectivity index (χ2v) is 9.43. The summed E-state index contributed by atoms with van der Waals surface area (Å²) in [5, 5.41) is 3.02. The van der Waals surface area contributed by atoms with Gasteiger partial charge in [-0.25, -0.2) is 0 Å². The van der Waals surface area contributed by atoms with E-state index in [0.29, 0.717) is 32.7 Å². The van der Waals surface area contributed by atoms with Crippen LogP contribution in [-0.2, 0) is 15.0 Å². The molecule has 3 heterocycles. The lowest BCUT2D eigenvalue weighted by atomic mass is 9.99. The molecule has 0 aromatic rings. The van der Waals surface area contributed by atoms with E-state index in [2.05, 4.69) is 10.2 Å². The van der Waals surface area contributed by atoms with Gasteiger partial charge >= 0.3 is 0 Å². The number of hydrogen-bond acceptors (Lipinski definition) is 4. The van der Waals surface area contributed by atoms with Gasteiger partial charge in [0.1, 0.15) is 0 Å². The zero-order valence-corrected chi connectivity index (χ0v) is 16.0. The molecule has 1 unspecified atom stereocenters. The largest absolute Gasteiger partial charge is 0.355 e. The maximum absolute atomic E-state index is 12.8. The summed E-state index contributed by atoms with van der Waals surface area (Å²) >= 11 is 0. The first-order chi connectivity index (χ1) is 12.1. The van der Waals surface area contributed by atoms with Crippen LogP contribution in [0.4, 0.5) is 0 Å². The monoisotopic (exact) mass is 372 g/mol.